The summed E-state index contributed by atoms with van der Waals surface area (Å²) in [5.41, 5.74) is 0.974. The van der Waals surface area contributed by atoms with Gasteiger partial charge in [-0.05, 0) is 36.7 Å². The normalized spacial score (nSPS) is 22.8. The van der Waals surface area contributed by atoms with E-state index in [2.05, 4.69) is 10.0 Å². The first-order valence-electron chi connectivity index (χ1n) is 6.14. The molecular formula is C12H16N2O3S. The van der Waals surface area contributed by atoms with Crippen LogP contribution in [-0.2, 0) is 16.4 Å². The van der Waals surface area contributed by atoms with Crippen LogP contribution in [0.4, 0.5) is 0 Å². The van der Waals surface area contributed by atoms with Gasteiger partial charge in [0.05, 0.1) is 11.5 Å². The zero-order chi connectivity index (χ0) is 12.6. The van der Waals surface area contributed by atoms with Crippen LogP contribution in [0.15, 0.2) is 23.1 Å². The quantitative estimate of drug-likeness (QED) is 0.825. The molecule has 0 bridgehead atoms. The highest BCUT2D eigenvalue weighted by atomic mass is 32.2. The molecule has 1 unspecified atom stereocenters. The number of hydrogen-bond acceptors (Lipinski definition) is 4. The first-order valence-corrected chi connectivity index (χ1v) is 7.62. The fourth-order valence-electron chi connectivity index (χ4n) is 2.37. The van der Waals surface area contributed by atoms with Gasteiger partial charge in [-0.2, -0.15) is 0 Å². The van der Waals surface area contributed by atoms with Gasteiger partial charge in [-0.25, -0.2) is 13.1 Å². The standard InChI is InChI=1S/C12H16N2O3S/c15-18(16,14-10-3-5-13-8-10)11-1-2-12-9(7-11)4-6-17-12/h1-2,7,10,13-14H,3-6,8H2. The topological polar surface area (TPSA) is 67.4 Å². The largest absolute Gasteiger partial charge is 0.493 e. The van der Waals surface area contributed by atoms with Crippen LogP contribution in [0.1, 0.15) is 12.0 Å². The van der Waals surface area contributed by atoms with E-state index in [1.165, 1.54) is 0 Å². The number of hydrogen-bond donors (Lipinski definition) is 2. The Morgan fingerprint density at radius 1 is 1.39 bits per heavy atom. The lowest BCUT2D eigenvalue weighted by molar-refractivity contribution is 0.356. The molecular weight excluding hydrogens is 252 g/mol. The van der Waals surface area contributed by atoms with E-state index in [0.717, 1.165) is 30.7 Å². The maximum atomic E-state index is 12.2. The van der Waals surface area contributed by atoms with Gasteiger partial charge in [-0.3, -0.25) is 0 Å². The van der Waals surface area contributed by atoms with Gasteiger partial charge in [0.2, 0.25) is 10.0 Å². The van der Waals surface area contributed by atoms with Gasteiger partial charge in [0, 0.05) is 19.0 Å². The number of ether oxygens (including phenoxy) is 1. The fourth-order valence-corrected chi connectivity index (χ4v) is 3.69. The first-order chi connectivity index (χ1) is 8.65. The second-order valence-electron chi connectivity index (χ2n) is 4.68. The van der Waals surface area contributed by atoms with Crippen molar-refractivity contribution in [2.45, 2.75) is 23.8 Å². The van der Waals surface area contributed by atoms with E-state index >= 15 is 0 Å². The molecule has 18 heavy (non-hydrogen) atoms. The Labute approximate surface area is 107 Å². The van der Waals surface area contributed by atoms with Crippen molar-refractivity contribution in [2.24, 2.45) is 0 Å². The van der Waals surface area contributed by atoms with Gasteiger partial charge in [-0.15, -0.1) is 0 Å². The average Bonchev–Trinajstić information content (AvgIpc) is 2.97. The Hall–Kier alpha value is -1.11. The Morgan fingerprint density at radius 3 is 3.06 bits per heavy atom. The molecule has 0 aromatic heterocycles. The van der Waals surface area contributed by atoms with Crippen LogP contribution in [0.2, 0.25) is 0 Å². The van der Waals surface area contributed by atoms with Crippen LogP contribution in [-0.4, -0.2) is 34.2 Å². The van der Waals surface area contributed by atoms with E-state index in [4.69, 9.17) is 4.74 Å². The van der Waals surface area contributed by atoms with Crippen LogP contribution < -0.4 is 14.8 Å². The molecule has 2 aliphatic rings. The number of fused-ring (bicyclic) bond motifs is 1. The molecule has 0 saturated carbocycles. The lowest BCUT2D eigenvalue weighted by Gasteiger charge is -2.12. The van der Waals surface area contributed by atoms with Crippen molar-refractivity contribution in [1.82, 2.24) is 10.0 Å². The minimum absolute atomic E-state index is 0.000459. The van der Waals surface area contributed by atoms with Gasteiger partial charge >= 0.3 is 0 Å². The van der Waals surface area contributed by atoms with Crippen LogP contribution >= 0.6 is 0 Å². The molecule has 2 N–H and O–H groups in total. The Balaban J connectivity index is 1.84. The predicted molar refractivity (Wildman–Crippen MR) is 67.2 cm³/mol. The van der Waals surface area contributed by atoms with Crippen LogP contribution in [0, 0.1) is 0 Å². The zero-order valence-electron chi connectivity index (χ0n) is 9.98. The zero-order valence-corrected chi connectivity index (χ0v) is 10.8. The molecule has 1 saturated heterocycles. The van der Waals surface area contributed by atoms with Gasteiger partial charge in [0.15, 0.2) is 0 Å². The third-order valence-corrected chi connectivity index (χ3v) is 4.87. The molecule has 0 radical (unpaired) electrons. The smallest absolute Gasteiger partial charge is 0.240 e. The first kappa shape index (κ1) is 12.0. The maximum absolute atomic E-state index is 12.2. The van der Waals surface area contributed by atoms with Gasteiger partial charge < -0.3 is 10.1 Å². The second-order valence-corrected chi connectivity index (χ2v) is 6.39. The molecule has 2 heterocycles. The van der Waals surface area contributed by atoms with Crippen LogP contribution in [0.3, 0.4) is 0 Å². The van der Waals surface area contributed by atoms with Gasteiger partial charge in [0.25, 0.3) is 0 Å². The fraction of sp³-hybridized carbons (Fsp3) is 0.500. The van der Waals surface area contributed by atoms with Crippen LogP contribution in [0.25, 0.3) is 0 Å². The molecule has 1 aromatic carbocycles. The Bertz CT molecular complexity index is 550. The molecule has 1 atom stereocenters. The minimum Gasteiger partial charge on any atom is -0.493 e. The summed E-state index contributed by atoms with van der Waals surface area (Å²) in [7, 11) is -3.41. The van der Waals surface area contributed by atoms with E-state index < -0.39 is 10.0 Å². The summed E-state index contributed by atoms with van der Waals surface area (Å²) in [6.07, 6.45) is 1.62. The highest BCUT2D eigenvalue weighted by Gasteiger charge is 2.24. The number of nitrogens with one attached hydrogen (secondary N) is 2. The second kappa shape index (κ2) is 4.53. The van der Waals surface area contributed by atoms with Crippen molar-refractivity contribution in [3.63, 3.8) is 0 Å². The Morgan fingerprint density at radius 2 is 2.28 bits per heavy atom. The van der Waals surface area contributed by atoms with E-state index in [0.29, 0.717) is 18.0 Å². The number of sulfonamides is 1. The molecule has 0 aliphatic carbocycles. The molecule has 98 valence electrons. The van der Waals surface area contributed by atoms with E-state index in [1.54, 1.807) is 18.2 Å². The molecule has 3 rings (SSSR count). The van der Waals surface area contributed by atoms with Crippen molar-refractivity contribution in [3.05, 3.63) is 23.8 Å². The summed E-state index contributed by atoms with van der Waals surface area (Å²) in [4.78, 5) is 0.332. The van der Waals surface area contributed by atoms with Crippen molar-refractivity contribution < 1.29 is 13.2 Å². The minimum atomic E-state index is -3.41. The lowest BCUT2D eigenvalue weighted by Crippen LogP contribution is -2.36. The summed E-state index contributed by atoms with van der Waals surface area (Å²) in [5, 5.41) is 3.14. The van der Waals surface area contributed by atoms with E-state index in [9.17, 15) is 8.42 Å². The monoisotopic (exact) mass is 268 g/mol. The molecule has 2 aliphatic heterocycles. The molecule has 6 heteroatoms. The third-order valence-electron chi connectivity index (χ3n) is 3.35. The average molecular weight is 268 g/mol. The molecule has 1 aromatic rings. The number of benzene rings is 1. The maximum Gasteiger partial charge on any atom is 0.240 e. The van der Waals surface area contributed by atoms with E-state index in [1.807, 2.05) is 0 Å². The predicted octanol–water partition coefficient (Wildman–Crippen LogP) is 0.262. The Kier molecular flexibility index (Phi) is 3.01. The summed E-state index contributed by atoms with van der Waals surface area (Å²) in [6, 6.07) is 5.06. The summed E-state index contributed by atoms with van der Waals surface area (Å²) in [6.45, 7) is 2.21. The summed E-state index contributed by atoms with van der Waals surface area (Å²) in [5.74, 6) is 0.802. The summed E-state index contributed by atoms with van der Waals surface area (Å²) < 4.78 is 32.5. The number of rotatable bonds is 3. The van der Waals surface area contributed by atoms with Crippen molar-refractivity contribution >= 4 is 10.0 Å². The third kappa shape index (κ3) is 2.23. The van der Waals surface area contributed by atoms with Crippen LogP contribution in [0.5, 0.6) is 5.75 Å². The van der Waals surface area contributed by atoms with E-state index in [-0.39, 0.29) is 6.04 Å². The van der Waals surface area contributed by atoms with Crippen molar-refractivity contribution in [3.8, 4) is 5.75 Å². The van der Waals surface area contributed by atoms with Crippen molar-refractivity contribution in [1.29, 1.82) is 0 Å². The lowest BCUT2D eigenvalue weighted by atomic mass is 10.2. The van der Waals surface area contributed by atoms with Crippen molar-refractivity contribution in [2.75, 3.05) is 19.7 Å². The molecule has 0 spiro atoms. The molecule has 5 nitrogen and oxygen atoms in total. The van der Waals surface area contributed by atoms with Gasteiger partial charge in [0.1, 0.15) is 5.75 Å². The summed E-state index contributed by atoms with van der Waals surface area (Å²) >= 11 is 0. The molecule has 1 fully saturated rings. The van der Waals surface area contributed by atoms with Gasteiger partial charge in [-0.1, -0.05) is 0 Å². The SMILES string of the molecule is O=S(=O)(NC1CCNC1)c1ccc2c(c1)CCO2. The highest BCUT2D eigenvalue weighted by Crippen LogP contribution is 2.27. The highest BCUT2D eigenvalue weighted by molar-refractivity contribution is 7.89. The molecule has 0 amide bonds.